The molecule has 2 heterocycles. The van der Waals surface area contributed by atoms with Crippen LogP contribution in [0, 0.1) is 0 Å². The summed E-state index contributed by atoms with van der Waals surface area (Å²) < 4.78 is 46.9. The zero-order valence-electron chi connectivity index (χ0n) is 14.5. The van der Waals surface area contributed by atoms with Crippen LogP contribution in [0.2, 0.25) is 0 Å². The number of benzene rings is 2. The average Bonchev–Trinajstić information content (AvgIpc) is 3.33. The van der Waals surface area contributed by atoms with E-state index in [0.29, 0.717) is 12.0 Å². The third-order valence-electron chi connectivity index (χ3n) is 4.80. The van der Waals surface area contributed by atoms with Crippen molar-refractivity contribution in [2.24, 2.45) is 0 Å². The summed E-state index contributed by atoms with van der Waals surface area (Å²) in [5.41, 5.74) is 2.25. The second kappa shape index (κ2) is 6.31. The number of aromatic nitrogens is 2. The average molecular weight is 398 g/mol. The highest BCUT2D eigenvalue weighted by Crippen LogP contribution is 2.46. The second-order valence-electron chi connectivity index (χ2n) is 6.55. The van der Waals surface area contributed by atoms with Crippen molar-refractivity contribution in [3.8, 4) is 32.5 Å². The Morgan fingerprint density at radius 3 is 2.46 bits per heavy atom. The Morgan fingerprint density at radius 1 is 0.929 bits per heavy atom. The van der Waals surface area contributed by atoms with Gasteiger partial charge in [-0.2, -0.15) is 13.2 Å². The van der Waals surface area contributed by atoms with Crippen LogP contribution in [0.5, 0.6) is 0 Å². The van der Waals surface area contributed by atoms with Crippen LogP contribution in [-0.4, -0.2) is 10.1 Å². The monoisotopic (exact) mass is 398 g/mol. The van der Waals surface area contributed by atoms with Gasteiger partial charge in [-0.15, -0.1) is 11.3 Å². The summed E-state index contributed by atoms with van der Waals surface area (Å²) in [5.74, 6) is -0.281. The Bertz CT molecular complexity index is 1160. The highest BCUT2D eigenvalue weighted by Gasteiger charge is 2.42. The summed E-state index contributed by atoms with van der Waals surface area (Å²) in [5, 5.41) is 4.02. The molecule has 0 radical (unpaired) electrons. The van der Waals surface area contributed by atoms with E-state index in [1.165, 1.54) is 16.9 Å². The number of fused-ring (bicyclic) bond motifs is 3. The molecule has 28 heavy (non-hydrogen) atoms. The molecule has 0 amide bonds. The lowest BCUT2D eigenvalue weighted by Gasteiger charge is -2.13. The first-order valence-electron chi connectivity index (χ1n) is 8.73. The topological polar surface area (TPSA) is 38.9 Å². The molecule has 2 aromatic carbocycles. The van der Waals surface area contributed by atoms with Crippen molar-refractivity contribution in [3.05, 3.63) is 71.4 Å². The highest BCUT2D eigenvalue weighted by molar-refractivity contribution is 7.18. The van der Waals surface area contributed by atoms with Gasteiger partial charge in [-0.1, -0.05) is 59.8 Å². The molecule has 0 N–H and O–H groups in total. The number of aryl methyl sites for hydroxylation is 2. The van der Waals surface area contributed by atoms with E-state index < -0.39 is 11.7 Å². The Labute approximate surface area is 162 Å². The smallest absolute Gasteiger partial charge is 0.355 e. The first-order valence-corrected chi connectivity index (χ1v) is 9.54. The fraction of sp³-hybridized carbons (Fsp3) is 0.143. The minimum Gasteiger partial charge on any atom is -0.355 e. The molecule has 7 heteroatoms. The molecule has 0 unspecified atom stereocenters. The molecule has 5 rings (SSSR count). The summed E-state index contributed by atoms with van der Waals surface area (Å²) in [4.78, 5) is 5.41. The Kier molecular flexibility index (Phi) is 3.87. The molecule has 0 spiro atoms. The number of hydrogen-bond acceptors (Lipinski definition) is 4. The van der Waals surface area contributed by atoms with Crippen LogP contribution in [-0.2, 0) is 19.0 Å². The van der Waals surface area contributed by atoms with E-state index in [2.05, 4.69) is 10.1 Å². The van der Waals surface area contributed by atoms with Gasteiger partial charge in [-0.3, -0.25) is 0 Å². The minimum atomic E-state index is -4.61. The molecule has 1 aliphatic rings. The van der Waals surface area contributed by atoms with Gasteiger partial charge in [0, 0.05) is 5.56 Å². The van der Waals surface area contributed by atoms with Crippen molar-refractivity contribution >= 4 is 11.3 Å². The summed E-state index contributed by atoms with van der Waals surface area (Å²) in [6.45, 7) is 0. The molecule has 2 aromatic heterocycles. The summed E-state index contributed by atoms with van der Waals surface area (Å²) in [6, 6.07) is 16.1. The lowest BCUT2D eigenvalue weighted by Crippen LogP contribution is -2.07. The lowest BCUT2D eigenvalue weighted by molar-refractivity contribution is -0.136. The van der Waals surface area contributed by atoms with Crippen LogP contribution in [0.3, 0.4) is 0 Å². The molecule has 0 atom stereocenters. The first kappa shape index (κ1) is 17.2. The third kappa shape index (κ3) is 2.74. The quantitative estimate of drug-likeness (QED) is 0.401. The van der Waals surface area contributed by atoms with Crippen LogP contribution in [0.1, 0.15) is 16.8 Å². The van der Waals surface area contributed by atoms with E-state index >= 15 is 0 Å². The molecule has 140 valence electrons. The Balaban J connectivity index is 1.68. The van der Waals surface area contributed by atoms with Gasteiger partial charge in [0.15, 0.2) is 11.5 Å². The summed E-state index contributed by atoms with van der Waals surface area (Å²) in [7, 11) is 0. The fourth-order valence-electron chi connectivity index (χ4n) is 3.53. The lowest BCUT2D eigenvalue weighted by atomic mass is 9.94. The maximum Gasteiger partial charge on any atom is 0.422 e. The zero-order chi connectivity index (χ0) is 19.3. The predicted molar refractivity (Wildman–Crippen MR) is 101 cm³/mol. The molecular weight excluding hydrogens is 385 g/mol. The SMILES string of the molecule is FC(F)(F)c1c(-c2nc3c(s2)-c2ccccc2CC3)noc1-c1ccccc1. The largest absolute Gasteiger partial charge is 0.422 e. The number of thiazole rings is 1. The molecule has 0 saturated carbocycles. The zero-order valence-corrected chi connectivity index (χ0v) is 15.3. The van der Waals surface area contributed by atoms with Crippen molar-refractivity contribution in [3.63, 3.8) is 0 Å². The van der Waals surface area contributed by atoms with Gasteiger partial charge in [0.2, 0.25) is 0 Å². The molecule has 4 aromatic rings. The molecule has 1 aliphatic carbocycles. The van der Waals surface area contributed by atoms with E-state index in [-0.39, 0.29) is 16.5 Å². The van der Waals surface area contributed by atoms with Gasteiger partial charge in [0.05, 0.1) is 10.6 Å². The molecule has 0 aliphatic heterocycles. The van der Waals surface area contributed by atoms with Gasteiger partial charge in [0.1, 0.15) is 10.6 Å². The molecule has 0 saturated heterocycles. The van der Waals surface area contributed by atoms with Crippen molar-refractivity contribution in [1.82, 2.24) is 10.1 Å². The number of alkyl halides is 3. The standard InChI is InChI=1S/C21H13F3N2OS/c22-21(23,24)16-17(26-27-18(16)13-7-2-1-3-8-13)20-25-15-11-10-12-6-4-5-9-14(12)19(15)28-20/h1-9H,10-11H2. The van der Waals surface area contributed by atoms with Crippen LogP contribution < -0.4 is 0 Å². The number of nitrogens with zero attached hydrogens (tertiary/aromatic N) is 2. The number of halogens is 3. The van der Waals surface area contributed by atoms with Gasteiger partial charge in [-0.05, 0) is 24.0 Å². The van der Waals surface area contributed by atoms with Crippen molar-refractivity contribution in [2.75, 3.05) is 0 Å². The van der Waals surface area contributed by atoms with Gasteiger partial charge in [-0.25, -0.2) is 4.98 Å². The molecular formula is C21H13F3N2OS. The van der Waals surface area contributed by atoms with Gasteiger partial charge >= 0.3 is 6.18 Å². The van der Waals surface area contributed by atoms with Crippen molar-refractivity contribution in [2.45, 2.75) is 19.0 Å². The normalized spacial score (nSPS) is 13.2. The molecule has 3 nitrogen and oxygen atoms in total. The number of rotatable bonds is 2. The van der Waals surface area contributed by atoms with E-state index in [9.17, 15) is 13.2 Å². The highest BCUT2D eigenvalue weighted by atomic mass is 32.1. The van der Waals surface area contributed by atoms with Crippen LogP contribution in [0.4, 0.5) is 13.2 Å². The first-order chi connectivity index (χ1) is 13.5. The van der Waals surface area contributed by atoms with Crippen LogP contribution in [0.25, 0.3) is 32.5 Å². The number of hydrogen-bond donors (Lipinski definition) is 0. The van der Waals surface area contributed by atoms with E-state index in [1.807, 2.05) is 24.3 Å². The maximum atomic E-state index is 13.9. The summed E-state index contributed by atoms with van der Waals surface area (Å²) >= 11 is 1.24. The van der Waals surface area contributed by atoms with Crippen molar-refractivity contribution in [1.29, 1.82) is 0 Å². The van der Waals surface area contributed by atoms with Gasteiger partial charge < -0.3 is 4.52 Å². The van der Waals surface area contributed by atoms with Crippen molar-refractivity contribution < 1.29 is 17.7 Å². The second-order valence-corrected chi connectivity index (χ2v) is 7.55. The van der Waals surface area contributed by atoms with Gasteiger partial charge in [0.25, 0.3) is 0 Å². The van der Waals surface area contributed by atoms with E-state index in [4.69, 9.17) is 4.52 Å². The van der Waals surface area contributed by atoms with Crippen LogP contribution in [0.15, 0.2) is 59.1 Å². The summed E-state index contributed by atoms with van der Waals surface area (Å²) in [6.07, 6.45) is -3.08. The molecule has 0 fully saturated rings. The third-order valence-corrected chi connectivity index (χ3v) is 5.94. The van der Waals surface area contributed by atoms with Crippen LogP contribution >= 0.6 is 11.3 Å². The minimum absolute atomic E-state index is 0.236. The maximum absolute atomic E-state index is 13.9. The Morgan fingerprint density at radius 2 is 1.68 bits per heavy atom. The molecule has 0 bridgehead atoms. The van der Waals surface area contributed by atoms with E-state index in [1.54, 1.807) is 30.3 Å². The fourth-order valence-corrected chi connectivity index (χ4v) is 4.69. The Hall–Kier alpha value is -2.93. The van der Waals surface area contributed by atoms with E-state index in [0.717, 1.165) is 22.6 Å². The predicted octanol–water partition coefficient (Wildman–Crippen LogP) is 6.25.